The highest BCUT2D eigenvalue weighted by Crippen LogP contribution is 2.36. The van der Waals surface area contributed by atoms with Crippen molar-refractivity contribution in [3.63, 3.8) is 0 Å². The smallest absolute Gasteiger partial charge is 0.315 e. The molecule has 3 rings (SSSR count). The van der Waals surface area contributed by atoms with Gasteiger partial charge in [0, 0.05) is 25.3 Å². The van der Waals surface area contributed by atoms with E-state index in [4.69, 9.17) is 5.73 Å². The van der Waals surface area contributed by atoms with Crippen LogP contribution in [-0.4, -0.2) is 43.0 Å². The minimum atomic E-state index is -0.215. The molecule has 6 nitrogen and oxygen atoms in total. The van der Waals surface area contributed by atoms with Crippen molar-refractivity contribution >= 4 is 11.7 Å². The summed E-state index contributed by atoms with van der Waals surface area (Å²) in [7, 11) is 4.18. The second-order valence-electron chi connectivity index (χ2n) is 8.19. The average molecular weight is 420 g/mol. The van der Waals surface area contributed by atoms with Crippen molar-refractivity contribution in [2.45, 2.75) is 32.0 Å². The number of nitrogens with one attached hydrogen (secondary N) is 2. The Hall–Kier alpha value is -3.21. The molecule has 2 amide bonds. The summed E-state index contributed by atoms with van der Waals surface area (Å²) in [5.41, 5.74) is 14.1. The third-order valence-corrected chi connectivity index (χ3v) is 5.55. The van der Waals surface area contributed by atoms with Gasteiger partial charge in [0.05, 0.1) is 18.3 Å². The molecule has 0 radical (unpaired) electrons. The minimum Gasteiger partial charge on any atom is -0.399 e. The van der Waals surface area contributed by atoms with Crippen LogP contribution in [0.5, 0.6) is 0 Å². The molecule has 2 aromatic carbocycles. The predicted octanol–water partition coefficient (Wildman–Crippen LogP) is 3.64. The summed E-state index contributed by atoms with van der Waals surface area (Å²) in [5.74, 6) is 0. The number of rotatable bonds is 8. The van der Waals surface area contributed by atoms with Gasteiger partial charge in [-0.1, -0.05) is 43.0 Å². The molecule has 1 unspecified atom stereocenters. The highest BCUT2D eigenvalue weighted by Gasteiger charge is 2.29. The van der Waals surface area contributed by atoms with Gasteiger partial charge in [0.15, 0.2) is 0 Å². The fraction of sp³-hybridized carbons (Fsp3) is 0.360. The van der Waals surface area contributed by atoms with Crippen molar-refractivity contribution in [3.8, 4) is 0 Å². The van der Waals surface area contributed by atoms with Gasteiger partial charge in [-0.05, 0) is 55.8 Å². The zero-order chi connectivity index (χ0) is 22.2. The van der Waals surface area contributed by atoms with E-state index in [1.165, 1.54) is 11.1 Å². The number of nitrogens with two attached hydrogens (primary N) is 1. The molecule has 1 saturated heterocycles. The van der Waals surface area contributed by atoms with Gasteiger partial charge < -0.3 is 26.2 Å². The lowest BCUT2D eigenvalue weighted by Gasteiger charge is -2.30. The van der Waals surface area contributed by atoms with Crippen molar-refractivity contribution in [1.82, 2.24) is 20.4 Å². The molecule has 6 heteroatoms. The zero-order valence-electron chi connectivity index (χ0n) is 18.5. The van der Waals surface area contributed by atoms with Crippen LogP contribution in [-0.2, 0) is 13.1 Å². The van der Waals surface area contributed by atoms with Gasteiger partial charge in [-0.2, -0.15) is 0 Å². The molecule has 164 valence electrons. The minimum absolute atomic E-state index is 0.215. The molecule has 0 saturated carbocycles. The highest BCUT2D eigenvalue weighted by molar-refractivity contribution is 5.74. The van der Waals surface area contributed by atoms with Gasteiger partial charge in [0.25, 0.3) is 0 Å². The Morgan fingerprint density at radius 1 is 1.19 bits per heavy atom. The van der Waals surface area contributed by atoms with E-state index in [1.807, 2.05) is 24.3 Å². The van der Waals surface area contributed by atoms with Gasteiger partial charge in [-0.3, -0.25) is 0 Å². The first kappa shape index (κ1) is 22.5. The predicted molar refractivity (Wildman–Crippen MR) is 126 cm³/mol. The number of hydrogen-bond donors (Lipinski definition) is 3. The molecule has 1 heterocycles. The van der Waals surface area contributed by atoms with E-state index in [-0.39, 0.29) is 12.1 Å². The molecule has 1 fully saturated rings. The van der Waals surface area contributed by atoms with E-state index in [9.17, 15) is 4.79 Å². The number of anilines is 1. The summed E-state index contributed by atoms with van der Waals surface area (Å²) in [4.78, 5) is 16.8. The van der Waals surface area contributed by atoms with Crippen LogP contribution in [0.2, 0.25) is 0 Å². The first-order chi connectivity index (χ1) is 15.0. The number of nitrogens with zero attached hydrogens (tertiary/aromatic N) is 2. The fourth-order valence-electron chi connectivity index (χ4n) is 4.07. The van der Waals surface area contributed by atoms with E-state index in [0.29, 0.717) is 18.8 Å². The van der Waals surface area contributed by atoms with Gasteiger partial charge in [0.2, 0.25) is 0 Å². The SMILES string of the molecule is C=C=C(CNC(=O)NCc1ccc(N)cc1)N1CCCC1c1ccccc1CN(C)C. The number of likely N-dealkylation sites (tertiary alicyclic amines) is 1. The lowest BCUT2D eigenvalue weighted by molar-refractivity contribution is 0.239. The van der Waals surface area contributed by atoms with Crippen molar-refractivity contribution in [3.05, 3.63) is 83.2 Å². The summed E-state index contributed by atoms with van der Waals surface area (Å²) in [6, 6.07) is 16.2. The number of carbonyl (C=O) groups excluding carboxylic acids is 1. The lowest BCUT2D eigenvalue weighted by Crippen LogP contribution is -2.39. The summed E-state index contributed by atoms with van der Waals surface area (Å²) in [6.07, 6.45) is 2.19. The van der Waals surface area contributed by atoms with Crippen LogP contribution in [0, 0.1) is 0 Å². The molecule has 1 atom stereocenters. The molecule has 0 spiro atoms. The van der Waals surface area contributed by atoms with Gasteiger partial charge in [-0.15, -0.1) is 5.73 Å². The largest absolute Gasteiger partial charge is 0.399 e. The second kappa shape index (κ2) is 10.7. The summed E-state index contributed by atoms with van der Waals surface area (Å²) < 4.78 is 0. The number of carbonyl (C=O) groups is 1. The third-order valence-electron chi connectivity index (χ3n) is 5.55. The molecule has 4 N–H and O–H groups in total. The number of urea groups is 1. The zero-order valence-corrected chi connectivity index (χ0v) is 18.5. The summed E-state index contributed by atoms with van der Waals surface area (Å²) in [6.45, 7) is 6.57. The second-order valence-corrected chi connectivity index (χ2v) is 8.19. The topological polar surface area (TPSA) is 73.6 Å². The quantitative estimate of drug-likeness (QED) is 0.451. The number of hydrogen-bond acceptors (Lipinski definition) is 4. The Morgan fingerprint density at radius 2 is 1.94 bits per heavy atom. The Kier molecular flexibility index (Phi) is 7.76. The molecular weight excluding hydrogens is 386 g/mol. The van der Waals surface area contributed by atoms with E-state index in [1.54, 1.807) is 0 Å². The van der Waals surface area contributed by atoms with E-state index < -0.39 is 0 Å². The normalized spacial score (nSPS) is 15.6. The molecule has 0 bridgehead atoms. The van der Waals surface area contributed by atoms with Crippen LogP contribution < -0.4 is 16.4 Å². The molecule has 0 aliphatic carbocycles. The molecule has 0 aromatic heterocycles. The average Bonchev–Trinajstić information content (AvgIpc) is 3.23. The van der Waals surface area contributed by atoms with E-state index >= 15 is 0 Å². The Labute approximate surface area is 185 Å². The van der Waals surface area contributed by atoms with Gasteiger partial charge in [0.1, 0.15) is 0 Å². The van der Waals surface area contributed by atoms with Crippen LogP contribution in [0.4, 0.5) is 10.5 Å². The van der Waals surface area contributed by atoms with Crippen molar-refractivity contribution in [2.24, 2.45) is 0 Å². The van der Waals surface area contributed by atoms with Crippen molar-refractivity contribution in [1.29, 1.82) is 0 Å². The monoisotopic (exact) mass is 419 g/mol. The maximum Gasteiger partial charge on any atom is 0.315 e. The van der Waals surface area contributed by atoms with E-state index in [2.05, 4.69) is 71.1 Å². The number of nitrogen functional groups attached to an aromatic ring is 1. The van der Waals surface area contributed by atoms with Gasteiger partial charge in [-0.25, -0.2) is 4.79 Å². The number of benzene rings is 2. The molecule has 1 aliphatic heterocycles. The Bertz CT molecular complexity index is 931. The molecule has 31 heavy (non-hydrogen) atoms. The standard InChI is InChI=1S/C25H33N5O/c1-4-22(17-28-25(31)27-16-19-11-13-21(26)14-12-19)30-15-7-10-24(30)23-9-6-5-8-20(23)18-29(2)3/h5-6,8-9,11-14,24H,1,7,10,15-18,26H2,2-3H3,(H2,27,28,31). The Morgan fingerprint density at radius 3 is 2.65 bits per heavy atom. The first-order valence-corrected chi connectivity index (χ1v) is 10.7. The van der Waals surface area contributed by atoms with Crippen LogP contribution in [0.25, 0.3) is 0 Å². The lowest BCUT2D eigenvalue weighted by atomic mass is 9.97. The number of amides is 2. The highest BCUT2D eigenvalue weighted by atomic mass is 16.2. The van der Waals surface area contributed by atoms with Crippen LogP contribution in [0.15, 0.2) is 66.5 Å². The maximum atomic E-state index is 12.3. The molecule has 2 aromatic rings. The third kappa shape index (κ3) is 6.14. The van der Waals surface area contributed by atoms with Crippen LogP contribution in [0.1, 0.15) is 35.6 Å². The van der Waals surface area contributed by atoms with E-state index in [0.717, 1.165) is 37.2 Å². The van der Waals surface area contributed by atoms with Gasteiger partial charge >= 0.3 is 6.03 Å². The van der Waals surface area contributed by atoms with Crippen molar-refractivity contribution < 1.29 is 4.79 Å². The molecule has 1 aliphatic rings. The summed E-state index contributed by atoms with van der Waals surface area (Å²) >= 11 is 0. The maximum absolute atomic E-state index is 12.3. The Balaban J connectivity index is 1.61. The van der Waals surface area contributed by atoms with Crippen LogP contribution >= 0.6 is 0 Å². The summed E-state index contributed by atoms with van der Waals surface area (Å²) in [5, 5.41) is 5.83. The first-order valence-electron chi connectivity index (χ1n) is 10.7. The van der Waals surface area contributed by atoms with Crippen molar-refractivity contribution in [2.75, 3.05) is 32.9 Å². The van der Waals surface area contributed by atoms with Crippen LogP contribution in [0.3, 0.4) is 0 Å². The fourth-order valence-corrected chi connectivity index (χ4v) is 4.07. The molecular formula is C25H33N5O.